The van der Waals surface area contributed by atoms with Crippen molar-refractivity contribution in [1.29, 1.82) is 0 Å². The van der Waals surface area contributed by atoms with Crippen molar-refractivity contribution < 1.29 is 13.6 Å². The summed E-state index contributed by atoms with van der Waals surface area (Å²) >= 11 is 0. The van der Waals surface area contributed by atoms with Gasteiger partial charge in [0.1, 0.15) is 0 Å². The van der Waals surface area contributed by atoms with Crippen molar-refractivity contribution in [2.75, 3.05) is 18.4 Å². The maximum atomic E-state index is 12.5. The zero-order valence-corrected chi connectivity index (χ0v) is 15.4. The van der Waals surface area contributed by atoms with Crippen LogP contribution in [0.15, 0.2) is 45.4 Å². The van der Waals surface area contributed by atoms with Crippen molar-refractivity contribution in [3.05, 3.63) is 53.6 Å². The Morgan fingerprint density at radius 3 is 2.56 bits per heavy atom. The summed E-state index contributed by atoms with van der Waals surface area (Å²) in [6.07, 6.45) is 3.16. The molecule has 2 amide bonds. The lowest BCUT2D eigenvalue weighted by Gasteiger charge is -2.30. The largest absolute Gasteiger partial charge is 0.459 e. The third-order valence-electron chi connectivity index (χ3n) is 4.78. The van der Waals surface area contributed by atoms with Gasteiger partial charge in [0.25, 0.3) is 5.89 Å². The maximum Gasteiger partial charge on any atom is 0.321 e. The van der Waals surface area contributed by atoms with Crippen molar-refractivity contribution in [1.82, 2.24) is 15.1 Å². The highest BCUT2D eigenvalue weighted by Gasteiger charge is 2.28. The van der Waals surface area contributed by atoms with Gasteiger partial charge in [-0.25, -0.2) is 4.79 Å². The molecular formula is C20H22N4O3. The highest BCUT2D eigenvalue weighted by atomic mass is 16.4. The highest BCUT2D eigenvalue weighted by Crippen LogP contribution is 2.29. The third-order valence-corrected chi connectivity index (χ3v) is 4.78. The zero-order valence-electron chi connectivity index (χ0n) is 15.4. The Labute approximate surface area is 157 Å². The fourth-order valence-corrected chi connectivity index (χ4v) is 3.48. The van der Waals surface area contributed by atoms with E-state index in [1.807, 2.05) is 30.9 Å². The molecule has 0 unspecified atom stereocenters. The summed E-state index contributed by atoms with van der Waals surface area (Å²) < 4.78 is 11.0. The van der Waals surface area contributed by atoms with E-state index < -0.39 is 0 Å². The smallest absolute Gasteiger partial charge is 0.321 e. The molecule has 1 N–H and O–H groups in total. The third kappa shape index (κ3) is 3.86. The zero-order chi connectivity index (χ0) is 18.8. The van der Waals surface area contributed by atoms with E-state index in [1.165, 1.54) is 0 Å². The van der Waals surface area contributed by atoms with Crippen LogP contribution in [0.4, 0.5) is 10.5 Å². The minimum atomic E-state index is -0.0692. The number of likely N-dealkylation sites (tertiary alicyclic amines) is 1. The Morgan fingerprint density at radius 1 is 1.15 bits per heavy atom. The van der Waals surface area contributed by atoms with Gasteiger partial charge in [0.15, 0.2) is 5.76 Å². The van der Waals surface area contributed by atoms with Gasteiger partial charge in [0, 0.05) is 24.7 Å². The molecule has 2 aromatic heterocycles. The standard InChI is InChI=1S/C20H22N4O3/c1-13-10-14(2)12-16(11-13)21-20(25)24-7-5-15(6-8-24)18-22-23-19(27-18)17-4-3-9-26-17/h3-4,9-12,15H,5-8H2,1-2H3,(H,21,25). The predicted octanol–water partition coefficient (Wildman–Crippen LogP) is 4.36. The number of urea groups is 1. The van der Waals surface area contributed by atoms with E-state index in [9.17, 15) is 4.79 Å². The summed E-state index contributed by atoms with van der Waals surface area (Å²) in [5.41, 5.74) is 3.10. The van der Waals surface area contributed by atoms with Gasteiger partial charge in [-0.05, 0) is 62.1 Å². The van der Waals surface area contributed by atoms with E-state index in [2.05, 4.69) is 21.6 Å². The molecule has 3 heterocycles. The molecule has 1 aliphatic heterocycles. The molecular weight excluding hydrogens is 344 g/mol. The van der Waals surface area contributed by atoms with Gasteiger partial charge < -0.3 is 19.1 Å². The second-order valence-electron chi connectivity index (χ2n) is 6.99. The Balaban J connectivity index is 1.35. The average Bonchev–Trinajstić information content (AvgIpc) is 3.32. The van der Waals surface area contributed by atoms with Gasteiger partial charge in [0.2, 0.25) is 5.89 Å². The Hall–Kier alpha value is -3.09. The summed E-state index contributed by atoms with van der Waals surface area (Å²) in [5.74, 6) is 1.73. The molecule has 1 fully saturated rings. The normalized spacial score (nSPS) is 15.1. The quantitative estimate of drug-likeness (QED) is 0.744. The first-order chi connectivity index (χ1) is 13.1. The molecule has 140 valence electrons. The second kappa shape index (κ2) is 7.26. The molecule has 4 rings (SSSR count). The summed E-state index contributed by atoms with van der Waals surface area (Å²) in [5, 5.41) is 11.2. The van der Waals surface area contributed by atoms with Crippen LogP contribution in [-0.2, 0) is 0 Å². The van der Waals surface area contributed by atoms with Crippen LogP contribution in [-0.4, -0.2) is 34.2 Å². The van der Waals surface area contributed by atoms with Gasteiger partial charge in [-0.2, -0.15) is 0 Å². The lowest BCUT2D eigenvalue weighted by atomic mass is 9.97. The lowest BCUT2D eigenvalue weighted by molar-refractivity contribution is 0.190. The van der Waals surface area contributed by atoms with E-state index in [4.69, 9.17) is 8.83 Å². The first-order valence-electron chi connectivity index (χ1n) is 9.10. The number of amides is 2. The minimum absolute atomic E-state index is 0.0692. The molecule has 27 heavy (non-hydrogen) atoms. The monoisotopic (exact) mass is 366 g/mol. The number of carbonyl (C=O) groups is 1. The van der Waals surface area contributed by atoms with Gasteiger partial charge in [-0.3, -0.25) is 0 Å². The minimum Gasteiger partial charge on any atom is -0.459 e. The summed E-state index contributed by atoms with van der Waals surface area (Å²) in [6.45, 7) is 5.35. The number of hydrogen-bond donors (Lipinski definition) is 1. The molecule has 0 spiro atoms. The van der Waals surface area contributed by atoms with Gasteiger partial charge in [-0.1, -0.05) is 6.07 Å². The molecule has 7 heteroatoms. The number of aromatic nitrogens is 2. The van der Waals surface area contributed by atoms with Crippen molar-refractivity contribution in [3.63, 3.8) is 0 Å². The van der Waals surface area contributed by atoms with Crippen LogP contribution in [0.3, 0.4) is 0 Å². The lowest BCUT2D eigenvalue weighted by Crippen LogP contribution is -2.40. The number of benzene rings is 1. The number of furan rings is 1. The predicted molar refractivity (Wildman–Crippen MR) is 100 cm³/mol. The second-order valence-corrected chi connectivity index (χ2v) is 6.99. The SMILES string of the molecule is Cc1cc(C)cc(NC(=O)N2CCC(c3nnc(-c4ccco4)o3)CC2)c1. The number of hydrogen-bond acceptors (Lipinski definition) is 5. The van der Waals surface area contributed by atoms with Crippen LogP contribution in [0.5, 0.6) is 0 Å². The molecule has 0 bridgehead atoms. The molecule has 1 saturated heterocycles. The van der Waals surface area contributed by atoms with Crippen molar-refractivity contribution in [3.8, 4) is 11.7 Å². The highest BCUT2D eigenvalue weighted by molar-refractivity contribution is 5.89. The topological polar surface area (TPSA) is 84.4 Å². The number of aryl methyl sites for hydroxylation is 2. The molecule has 7 nitrogen and oxygen atoms in total. The number of anilines is 1. The van der Waals surface area contributed by atoms with Crippen molar-refractivity contribution >= 4 is 11.7 Å². The molecule has 0 atom stereocenters. The van der Waals surface area contributed by atoms with Crippen LogP contribution in [0, 0.1) is 13.8 Å². The van der Waals surface area contributed by atoms with Gasteiger partial charge in [-0.15, -0.1) is 10.2 Å². The number of nitrogens with zero attached hydrogens (tertiary/aromatic N) is 3. The average molecular weight is 366 g/mol. The number of piperidine rings is 1. The number of carbonyl (C=O) groups excluding carboxylic acids is 1. The fraction of sp³-hybridized carbons (Fsp3) is 0.350. The van der Waals surface area contributed by atoms with Crippen LogP contribution in [0.25, 0.3) is 11.7 Å². The van der Waals surface area contributed by atoms with Crippen LogP contribution >= 0.6 is 0 Å². The fourth-order valence-electron chi connectivity index (χ4n) is 3.48. The van der Waals surface area contributed by atoms with E-state index in [0.717, 1.165) is 29.7 Å². The Morgan fingerprint density at radius 2 is 1.89 bits per heavy atom. The van der Waals surface area contributed by atoms with Crippen molar-refractivity contribution in [2.45, 2.75) is 32.6 Å². The first-order valence-corrected chi connectivity index (χ1v) is 9.10. The Kier molecular flexibility index (Phi) is 4.66. The van der Waals surface area contributed by atoms with Gasteiger partial charge >= 0.3 is 6.03 Å². The van der Waals surface area contributed by atoms with E-state index >= 15 is 0 Å². The van der Waals surface area contributed by atoms with E-state index in [-0.39, 0.29) is 11.9 Å². The maximum absolute atomic E-state index is 12.5. The molecule has 1 aliphatic rings. The molecule has 3 aromatic rings. The number of nitrogens with one attached hydrogen (secondary N) is 1. The first kappa shape index (κ1) is 17.3. The van der Waals surface area contributed by atoms with Crippen molar-refractivity contribution in [2.24, 2.45) is 0 Å². The molecule has 1 aromatic carbocycles. The summed E-state index contributed by atoms with van der Waals surface area (Å²) in [4.78, 5) is 14.4. The Bertz CT molecular complexity index is 904. The van der Waals surface area contributed by atoms with Crippen LogP contribution < -0.4 is 5.32 Å². The summed E-state index contributed by atoms with van der Waals surface area (Å²) in [7, 11) is 0. The molecule has 0 radical (unpaired) electrons. The number of rotatable bonds is 3. The van der Waals surface area contributed by atoms with E-state index in [0.29, 0.717) is 30.6 Å². The van der Waals surface area contributed by atoms with Crippen LogP contribution in [0.2, 0.25) is 0 Å². The van der Waals surface area contributed by atoms with E-state index in [1.54, 1.807) is 18.4 Å². The molecule has 0 saturated carbocycles. The van der Waals surface area contributed by atoms with Crippen LogP contribution in [0.1, 0.15) is 35.8 Å². The summed E-state index contributed by atoms with van der Waals surface area (Å²) in [6, 6.07) is 9.55. The van der Waals surface area contributed by atoms with Gasteiger partial charge in [0.05, 0.1) is 6.26 Å². The molecule has 0 aliphatic carbocycles.